The zero-order chi connectivity index (χ0) is 17.3. The first-order chi connectivity index (χ1) is 12.2. The van der Waals surface area contributed by atoms with Crippen LogP contribution < -0.4 is 9.64 Å². The largest absolute Gasteiger partial charge is 0.481 e. The summed E-state index contributed by atoms with van der Waals surface area (Å²) in [6.45, 7) is 3.95. The molecule has 1 aromatic heterocycles. The highest BCUT2D eigenvalue weighted by Gasteiger charge is 2.50. The van der Waals surface area contributed by atoms with E-state index in [4.69, 9.17) is 9.47 Å². The van der Waals surface area contributed by atoms with Crippen molar-refractivity contribution in [3.63, 3.8) is 0 Å². The molecular weight excluding hydrogens is 320 g/mol. The first-order valence-corrected chi connectivity index (χ1v) is 9.23. The number of anilines is 1. The van der Waals surface area contributed by atoms with Gasteiger partial charge in [0.15, 0.2) is 0 Å². The van der Waals surface area contributed by atoms with Crippen molar-refractivity contribution in [2.75, 3.05) is 44.9 Å². The molecule has 7 nitrogen and oxygen atoms in total. The van der Waals surface area contributed by atoms with E-state index in [1.807, 2.05) is 0 Å². The van der Waals surface area contributed by atoms with Crippen LogP contribution in [-0.4, -0.2) is 66.8 Å². The van der Waals surface area contributed by atoms with E-state index in [1.54, 1.807) is 19.4 Å². The number of nitrogens with zero attached hydrogens (tertiary/aromatic N) is 4. The quantitative estimate of drug-likeness (QED) is 0.826. The molecule has 3 aliphatic heterocycles. The predicted octanol–water partition coefficient (Wildman–Crippen LogP) is 1.48. The van der Waals surface area contributed by atoms with Crippen molar-refractivity contribution in [3.05, 3.63) is 12.3 Å². The predicted molar refractivity (Wildman–Crippen MR) is 92.6 cm³/mol. The third-order valence-corrected chi connectivity index (χ3v) is 5.86. The van der Waals surface area contributed by atoms with Crippen molar-refractivity contribution in [3.8, 4) is 5.88 Å². The number of methoxy groups -OCH3 is 1. The molecule has 1 unspecified atom stereocenters. The van der Waals surface area contributed by atoms with Gasteiger partial charge in [-0.1, -0.05) is 0 Å². The first-order valence-electron chi connectivity index (χ1n) is 9.23. The zero-order valence-corrected chi connectivity index (χ0v) is 14.8. The summed E-state index contributed by atoms with van der Waals surface area (Å²) in [6.07, 6.45) is 6.56. The van der Waals surface area contributed by atoms with E-state index in [1.165, 1.54) is 0 Å². The summed E-state index contributed by atoms with van der Waals surface area (Å²) in [4.78, 5) is 26.4. The molecule has 1 spiro atoms. The standard InChI is InChI=1S/C18H26N4O3/c1-24-15-3-8-19-17(20-15)21-10-7-18(13-21)6-2-9-22(16(18)23)14-4-11-25-12-5-14/h3,8,14H,2,4-7,9-13H2,1H3. The normalized spacial score (nSPS) is 28.0. The Kier molecular flexibility index (Phi) is 4.50. The molecule has 0 bridgehead atoms. The molecule has 0 N–H and O–H groups in total. The number of likely N-dealkylation sites (tertiary alicyclic amines) is 1. The maximum atomic E-state index is 13.3. The summed E-state index contributed by atoms with van der Waals surface area (Å²) >= 11 is 0. The number of hydrogen-bond acceptors (Lipinski definition) is 6. The topological polar surface area (TPSA) is 67.8 Å². The molecule has 0 saturated carbocycles. The average Bonchev–Trinajstić information content (AvgIpc) is 3.10. The van der Waals surface area contributed by atoms with Gasteiger partial charge in [0.1, 0.15) is 0 Å². The van der Waals surface area contributed by atoms with Crippen LogP contribution in [0.4, 0.5) is 5.95 Å². The SMILES string of the molecule is COc1ccnc(N2CCC3(CCCN(C4CCOCC4)C3=O)C2)n1. The van der Waals surface area contributed by atoms with Gasteiger partial charge in [-0.2, -0.15) is 4.98 Å². The van der Waals surface area contributed by atoms with Crippen LogP contribution in [0.15, 0.2) is 12.3 Å². The number of piperidine rings is 1. The van der Waals surface area contributed by atoms with E-state index in [0.717, 1.165) is 58.4 Å². The summed E-state index contributed by atoms with van der Waals surface area (Å²) in [5.74, 6) is 1.55. The molecule has 136 valence electrons. The van der Waals surface area contributed by atoms with Crippen LogP contribution in [0.3, 0.4) is 0 Å². The second-order valence-electron chi connectivity index (χ2n) is 7.30. The Morgan fingerprint density at radius 1 is 1.28 bits per heavy atom. The van der Waals surface area contributed by atoms with Crippen LogP contribution in [0.5, 0.6) is 5.88 Å². The van der Waals surface area contributed by atoms with Gasteiger partial charge in [0, 0.05) is 51.2 Å². The summed E-state index contributed by atoms with van der Waals surface area (Å²) in [7, 11) is 1.61. The first kappa shape index (κ1) is 16.6. The van der Waals surface area contributed by atoms with E-state index < -0.39 is 0 Å². The van der Waals surface area contributed by atoms with Gasteiger partial charge in [-0.25, -0.2) is 4.98 Å². The van der Waals surface area contributed by atoms with E-state index in [9.17, 15) is 4.79 Å². The molecule has 1 amide bonds. The summed E-state index contributed by atoms with van der Waals surface area (Å²) in [5, 5.41) is 0. The van der Waals surface area contributed by atoms with Gasteiger partial charge in [-0.05, 0) is 32.1 Å². The minimum absolute atomic E-state index is 0.275. The number of rotatable bonds is 3. The Hall–Kier alpha value is -1.89. The molecule has 0 radical (unpaired) electrons. The van der Waals surface area contributed by atoms with E-state index in [0.29, 0.717) is 30.3 Å². The van der Waals surface area contributed by atoms with Gasteiger partial charge >= 0.3 is 0 Å². The van der Waals surface area contributed by atoms with Gasteiger partial charge in [-0.15, -0.1) is 0 Å². The molecule has 7 heteroatoms. The fourth-order valence-electron chi connectivity index (χ4n) is 4.47. The van der Waals surface area contributed by atoms with Crippen molar-refractivity contribution in [1.82, 2.24) is 14.9 Å². The number of hydrogen-bond donors (Lipinski definition) is 0. The van der Waals surface area contributed by atoms with Gasteiger partial charge in [0.2, 0.25) is 17.7 Å². The fraction of sp³-hybridized carbons (Fsp3) is 0.722. The minimum Gasteiger partial charge on any atom is -0.481 e. The Morgan fingerprint density at radius 3 is 2.92 bits per heavy atom. The highest BCUT2D eigenvalue weighted by molar-refractivity contribution is 5.85. The van der Waals surface area contributed by atoms with Crippen LogP contribution in [0, 0.1) is 5.41 Å². The summed E-state index contributed by atoms with van der Waals surface area (Å²) < 4.78 is 10.7. The molecule has 0 aliphatic carbocycles. The van der Waals surface area contributed by atoms with Gasteiger partial charge < -0.3 is 19.3 Å². The van der Waals surface area contributed by atoms with Gasteiger partial charge in [0.25, 0.3) is 0 Å². The third-order valence-electron chi connectivity index (χ3n) is 5.86. The van der Waals surface area contributed by atoms with Crippen molar-refractivity contribution in [2.45, 2.75) is 38.1 Å². The van der Waals surface area contributed by atoms with Gasteiger partial charge in [0.05, 0.1) is 12.5 Å². The molecule has 3 fully saturated rings. The molecule has 3 saturated heterocycles. The van der Waals surface area contributed by atoms with Crippen LogP contribution in [-0.2, 0) is 9.53 Å². The Balaban J connectivity index is 1.50. The van der Waals surface area contributed by atoms with Gasteiger partial charge in [-0.3, -0.25) is 4.79 Å². The Bertz CT molecular complexity index is 635. The number of amides is 1. The zero-order valence-electron chi connectivity index (χ0n) is 14.8. The maximum absolute atomic E-state index is 13.3. The summed E-state index contributed by atoms with van der Waals surface area (Å²) in [6, 6.07) is 2.09. The van der Waals surface area contributed by atoms with E-state index >= 15 is 0 Å². The lowest BCUT2D eigenvalue weighted by Gasteiger charge is -2.44. The molecule has 4 rings (SSSR count). The number of aromatic nitrogens is 2. The van der Waals surface area contributed by atoms with E-state index in [-0.39, 0.29) is 5.41 Å². The van der Waals surface area contributed by atoms with Crippen molar-refractivity contribution in [1.29, 1.82) is 0 Å². The molecular formula is C18H26N4O3. The van der Waals surface area contributed by atoms with Crippen molar-refractivity contribution >= 4 is 11.9 Å². The van der Waals surface area contributed by atoms with Crippen LogP contribution >= 0.6 is 0 Å². The lowest BCUT2D eigenvalue weighted by molar-refractivity contribution is -0.149. The smallest absolute Gasteiger partial charge is 0.230 e. The van der Waals surface area contributed by atoms with Crippen molar-refractivity contribution in [2.24, 2.45) is 5.41 Å². The highest BCUT2D eigenvalue weighted by Crippen LogP contribution is 2.42. The minimum atomic E-state index is -0.275. The monoisotopic (exact) mass is 346 g/mol. The molecule has 3 aliphatic rings. The molecule has 1 aromatic rings. The number of ether oxygens (including phenoxy) is 2. The molecule has 1 atom stereocenters. The molecule has 25 heavy (non-hydrogen) atoms. The lowest BCUT2D eigenvalue weighted by atomic mass is 9.77. The second kappa shape index (κ2) is 6.78. The second-order valence-corrected chi connectivity index (χ2v) is 7.30. The molecule has 4 heterocycles. The highest BCUT2D eigenvalue weighted by atomic mass is 16.5. The Morgan fingerprint density at radius 2 is 2.12 bits per heavy atom. The Labute approximate surface area is 148 Å². The summed E-state index contributed by atoms with van der Waals surface area (Å²) in [5.41, 5.74) is -0.275. The maximum Gasteiger partial charge on any atom is 0.230 e. The number of carbonyl (C=O) groups excluding carboxylic acids is 1. The number of carbonyl (C=O) groups is 1. The lowest BCUT2D eigenvalue weighted by Crippen LogP contribution is -2.54. The van der Waals surface area contributed by atoms with E-state index in [2.05, 4.69) is 19.8 Å². The fourth-order valence-corrected chi connectivity index (χ4v) is 4.47. The van der Waals surface area contributed by atoms with Crippen LogP contribution in [0.2, 0.25) is 0 Å². The molecule has 0 aromatic carbocycles. The average molecular weight is 346 g/mol. The van der Waals surface area contributed by atoms with Crippen LogP contribution in [0.25, 0.3) is 0 Å². The van der Waals surface area contributed by atoms with Crippen LogP contribution in [0.1, 0.15) is 32.1 Å². The third kappa shape index (κ3) is 3.05. The van der Waals surface area contributed by atoms with Crippen molar-refractivity contribution < 1.29 is 14.3 Å².